The number of likely N-dealkylation sites (N-methyl/N-ethyl adjacent to an activating group) is 1. The molecule has 0 spiro atoms. The highest BCUT2D eigenvalue weighted by atomic mass is 35.5. The molecule has 1 unspecified atom stereocenters. The largest absolute Gasteiger partial charge is 0.497 e. The number of nitrogens with one attached hydrogen (secondary N) is 1. The Morgan fingerprint density at radius 1 is 1.50 bits per heavy atom. The lowest BCUT2D eigenvalue weighted by Crippen LogP contribution is -2.38. The van der Waals surface area contributed by atoms with Crippen molar-refractivity contribution in [1.82, 2.24) is 10.2 Å². The fourth-order valence-electron chi connectivity index (χ4n) is 2.41. The van der Waals surface area contributed by atoms with E-state index in [0.29, 0.717) is 13.1 Å². The Labute approximate surface area is 138 Å². The molecule has 5 nitrogen and oxygen atoms in total. The van der Waals surface area contributed by atoms with Gasteiger partial charge in [-0.3, -0.25) is 4.79 Å². The van der Waals surface area contributed by atoms with Crippen LogP contribution >= 0.6 is 12.4 Å². The lowest BCUT2D eigenvalue weighted by molar-refractivity contribution is -0.129. The SMILES string of the molecule is COc1cccc(CN(C)C(=O)CNCC2CCCO2)c1.Cl. The van der Waals surface area contributed by atoms with Crippen LogP contribution in [0.5, 0.6) is 5.75 Å². The number of methoxy groups -OCH3 is 1. The number of ether oxygens (including phenoxy) is 2. The maximum atomic E-state index is 12.1. The summed E-state index contributed by atoms with van der Waals surface area (Å²) in [6.45, 7) is 2.52. The second-order valence-corrected chi connectivity index (χ2v) is 5.37. The van der Waals surface area contributed by atoms with E-state index in [1.165, 1.54) is 0 Å². The van der Waals surface area contributed by atoms with Gasteiger partial charge in [-0.1, -0.05) is 12.1 Å². The van der Waals surface area contributed by atoms with Crippen molar-refractivity contribution in [2.24, 2.45) is 0 Å². The molecule has 1 N–H and O–H groups in total. The number of rotatable bonds is 7. The van der Waals surface area contributed by atoms with Gasteiger partial charge in [-0.25, -0.2) is 0 Å². The van der Waals surface area contributed by atoms with Crippen molar-refractivity contribution < 1.29 is 14.3 Å². The Kier molecular flexibility index (Phi) is 8.24. The first-order valence-electron chi connectivity index (χ1n) is 7.38. The number of halogens is 1. The quantitative estimate of drug-likeness (QED) is 0.830. The van der Waals surface area contributed by atoms with E-state index >= 15 is 0 Å². The van der Waals surface area contributed by atoms with E-state index in [4.69, 9.17) is 9.47 Å². The van der Waals surface area contributed by atoms with E-state index in [1.807, 2.05) is 31.3 Å². The summed E-state index contributed by atoms with van der Waals surface area (Å²) in [7, 11) is 3.46. The molecule has 0 bridgehead atoms. The molecule has 0 aliphatic carbocycles. The third-order valence-electron chi connectivity index (χ3n) is 3.65. The Balaban J connectivity index is 0.00000242. The molecular weight excluding hydrogens is 304 g/mol. The summed E-state index contributed by atoms with van der Waals surface area (Å²) in [5.74, 6) is 0.890. The van der Waals surface area contributed by atoms with Gasteiger partial charge in [-0.2, -0.15) is 0 Å². The molecule has 1 aromatic rings. The zero-order valence-electron chi connectivity index (χ0n) is 13.2. The molecule has 1 fully saturated rings. The van der Waals surface area contributed by atoms with Gasteiger partial charge in [-0.15, -0.1) is 12.4 Å². The van der Waals surface area contributed by atoms with Crippen molar-refractivity contribution >= 4 is 18.3 Å². The molecule has 6 heteroatoms. The van der Waals surface area contributed by atoms with E-state index < -0.39 is 0 Å². The maximum Gasteiger partial charge on any atom is 0.236 e. The molecule has 1 atom stereocenters. The van der Waals surface area contributed by atoms with Gasteiger partial charge in [0.25, 0.3) is 0 Å². The highest BCUT2D eigenvalue weighted by Gasteiger charge is 2.16. The number of hydrogen-bond acceptors (Lipinski definition) is 4. The van der Waals surface area contributed by atoms with Crippen LogP contribution in [0, 0.1) is 0 Å². The Hall–Kier alpha value is -1.30. The van der Waals surface area contributed by atoms with Crippen molar-refractivity contribution in [3.8, 4) is 5.75 Å². The molecule has 1 aromatic carbocycles. The van der Waals surface area contributed by atoms with Gasteiger partial charge in [0.15, 0.2) is 0 Å². The Bertz CT molecular complexity index is 464. The van der Waals surface area contributed by atoms with E-state index in [-0.39, 0.29) is 24.4 Å². The number of nitrogens with zero attached hydrogens (tertiary/aromatic N) is 1. The van der Waals surface area contributed by atoms with Crippen molar-refractivity contribution in [3.63, 3.8) is 0 Å². The fourth-order valence-corrected chi connectivity index (χ4v) is 2.41. The predicted molar refractivity (Wildman–Crippen MR) is 88.6 cm³/mol. The Morgan fingerprint density at radius 2 is 2.32 bits per heavy atom. The monoisotopic (exact) mass is 328 g/mol. The van der Waals surface area contributed by atoms with E-state index in [0.717, 1.165) is 37.3 Å². The van der Waals surface area contributed by atoms with Gasteiger partial charge >= 0.3 is 0 Å². The minimum atomic E-state index is 0. The van der Waals surface area contributed by atoms with Crippen LogP contribution in [0.1, 0.15) is 18.4 Å². The van der Waals surface area contributed by atoms with Crippen LogP contribution in [-0.4, -0.2) is 50.8 Å². The molecule has 22 heavy (non-hydrogen) atoms. The standard InChI is InChI=1S/C16H24N2O3.ClH/c1-18(12-13-5-3-6-14(9-13)20-2)16(19)11-17-10-15-7-4-8-21-15;/h3,5-6,9,15,17H,4,7-8,10-12H2,1-2H3;1H. The van der Waals surface area contributed by atoms with Crippen LogP contribution < -0.4 is 10.1 Å². The van der Waals surface area contributed by atoms with Gasteiger partial charge in [0.05, 0.1) is 19.8 Å². The number of benzene rings is 1. The molecule has 1 amide bonds. The van der Waals surface area contributed by atoms with Gasteiger partial charge in [-0.05, 0) is 30.5 Å². The van der Waals surface area contributed by atoms with Crippen LogP contribution in [0.25, 0.3) is 0 Å². The summed E-state index contributed by atoms with van der Waals surface area (Å²) < 4.78 is 10.7. The topological polar surface area (TPSA) is 50.8 Å². The number of amides is 1. The van der Waals surface area contributed by atoms with Crippen molar-refractivity contribution in [2.75, 3.05) is 33.9 Å². The molecule has 124 valence electrons. The van der Waals surface area contributed by atoms with E-state index in [2.05, 4.69) is 5.32 Å². The lowest BCUT2D eigenvalue weighted by atomic mass is 10.2. The van der Waals surface area contributed by atoms with Crippen molar-refractivity contribution in [1.29, 1.82) is 0 Å². The van der Waals surface area contributed by atoms with E-state index in [1.54, 1.807) is 12.0 Å². The first-order valence-corrected chi connectivity index (χ1v) is 7.38. The zero-order valence-corrected chi connectivity index (χ0v) is 14.0. The van der Waals surface area contributed by atoms with E-state index in [9.17, 15) is 4.79 Å². The second kappa shape index (κ2) is 9.66. The summed E-state index contributed by atoms with van der Waals surface area (Å²) in [4.78, 5) is 13.8. The first-order chi connectivity index (χ1) is 10.2. The minimum Gasteiger partial charge on any atom is -0.497 e. The number of carbonyl (C=O) groups excluding carboxylic acids is 1. The molecule has 1 heterocycles. The minimum absolute atomic E-state index is 0. The first kappa shape index (κ1) is 18.7. The normalized spacial score (nSPS) is 16.9. The third-order valence-corrected chi connectivity index (χ3v) is 3.65. The third kappa shape index (κ3) is 5.83. The molecule has 1 saturated heterocycles. The van der Waals surface area contributed by atoms with Crippen LogP contribution in [-0.2, 0) is 16.1 Å². The molecule has 0 saturated carbocycles. The molecule has 0 aromatic heterocycles. The highest BCUT2D eigenvalue weighted by molar-refractivity contribution is 5.85. The lowest BCUT2D eigenvalue weighted by Gasteiger charge is -2.18. The molecule has 0 radical (unpaired) electrons. The van der Waals surface area contributed by atoms with Crippen molar-refractivity contribution in [2.45, 2.75) is 25.5 Å². The van der Waals surface area contributed by atoms with Crippen LogP contribution in [0.15, 0.2) is 24.3 Å². The van der Waals surface area contributed by atoms with Crippen molar-refractivity contribution in [3.05, 3.63) is 29.8 Å². The van der Waals surface area contributed by atoms with Crippen LogP contribution in [0.4, 0.5) is 0 Å². The second-order valence-electron chi connectivity index (χ2n) is 5.37. The highest BCUT2D eigenvalue weighted by Crippen LogP contribution is 2.14. The summed E-state index contributed by atoms with van der Waals surface area (Å²) in [5.41, 5.74) is 1.06. The average molecular weight is 329 g/mol. The maximum absolute atomic E-state index is 12.1. The van der Waals surface area contributed by atoms with Gasteiger partial charge < -0.3 is 19.7 Å². The zero-order chi connectivity index (χ0) is 15.1. The average Bonchev–Trinajstić information content (AvgIpc) is 3.00. The van der Waals surface area contributed by atoms with Gasteiger partial charge in [0.2, 0.25) is 5.91 Å². The predicted octanol–water partition coefficient (Wildman–Crippen LogP) is 1.84. The summed E-state index contributed by atoms with van der Waals surface area (Å²) in [6.07, 6.45) is 2.47. The summed E-state index contributed by atoms with van der Waals surface area (Å²) in [6, 6.07) is 7.77. The molecule has 1 aliphatic rings. The smallest absolute Gasteiger partial charge is 0.236 e. The molecular formula is C16H25ClN2O3. The Morgan fingerprint density at radius 3 is 3.00 bits per heavy atom. The molecule has 2 rings (SSSR count). The van der Waals surface area contributed by atoms with Crippen LogP contribution in [0.3, 0.4) is 0 Å². The van der Waals surface area contributed by atoms with Crippen LogP contribution in [0.2, 0.25) is 0 Å². The summed E-state index contributed by atoms with van der Waals surface area (Å²) in [5, 5.41) is 3.18. The fraction of sp³-hybridized carbons (Fsp3) is 0.562. The molecule has 1 aliphatic heterocycles. The van der Waals surface area contributed by atoms with Gasteiger partial charge in [0.1, 0.15) is 5.75 Å². The summed E-state index contributed by atoms with van der Waals surface area (Å²) >= 11 is 0. The number of carbonyl (C=O) groups is 1. The number of hydrogen-bond donors (Lipinski definition) is 1. The van der Waals surface area contributed by atoms with Gasteiger partial charge in [0, 0.05) is 26.7 Å².